The van der Waals surface area contributed by atoms with Crippen molar-refractivity contribution in [1.29, 1.82) is 0 Å². The molecule has 0 aromatic heterocycles. The highest BCUT2D eigenvalue weighted by molar-refractivity contribution is 6.88. The van der Waals surface area contributed by atoms with E-state index in [1.165, 1.54) is 37.5 Å². The van der Waals surface area contributed by atoms with E-state index < -0.39 is 9.12 Å². The molecular formula is C18H16N2Si2. The van der Waals surface area contributed by atoms with E-state index in [-0.39, 0.29) is 9.84 Å². The number of benzene rings is 4. The van der Waals surface area contributed by atoms with Gasteiger partial charge in [0, 0.05) is 0 Å². The van der Waals surface area contributed by atoms with Crippen LogP contribution in [0.3, 0.4) is 0 Å². The van der Waals surface area contributed by atoms with Crippen LogP contribution in [0.4, 0.5) is 0 Å². The Kier molecular flexibility index (Phi) is 2.71. The van der Waals surface area contributed by atoms with Crippen LogP contribution in [0.1, 0.15) is 0 Å². The lowest BCUT2D eigenvalue weighted by Gasteiger charge is -2.29. The molecule has 4 aromatic rings. The van der Waals surface area contributed by atoms with Gasteiger partial charge in [-0.3, -0.25) is 0 Å². The Morgan fingerprint density at radius 3 is 2.18 bits per heavy atom. The minimum Gasteiger partial charge on any atom is -0.340 e. The van der Waals surface area contributed by atoms with Crippen LogP contribution in [0.5, 0.6) is 0 Å². The first-order valence-corrected chi connectivity index (χ1v) is 10.9. The summed E-state index contributed by atoms with van der Waals surface area (Å²) >= 11 is 0. The fraction of sp³-hybridized carbons (Fsp3) is 0. The van der Waals surface area contributed by atoms with Crippen LogP contribution in [0.2, 0.25) is 0 Å². The average Bonchev–Trinajstić information content (AvgIpc) is 2.51. The molecule has 5 rings (SSSR count). The maximum Gasteiger partial charge on any atom is 0.206 e. The van der Waals surface area contributed by atoms with Crippen molar-refractivity contribution in [3.05, 3.63) is 66.7 Å². The molecule has 0 spiro atoms. The van der Waals surface area contributed by atoms with Crippen LogP contribution in [-0.4, -0.2) is 19.0 Å². The monoisotopic (exact) mass is 316 g/mol. The molecule has 0 bridgehead atoms. The third-order valence-corrected chi connectivity index (χ3v) is 10.7. The second-order valence-electron chi connectivity index (χ2n) is 5.95. The van der Waals surface area contributed by atoms with E-state index in [9.17, 15) is 0 Å². The summed E-state index contributed by atoms with van der Waals surface area (Å²) in [7, 11) is -1.29. The Hall–Kier alpha value is -1.99. The van der Waals surface area contributed by atoms with Gasteiger partial charge in [0.15, 0.2) is 9.84 Å². The molecule has 1 saturated heterocycles. The van der Waals surface area contributed by atoms with E-state index >= 15 is 0 Å². The summed E-state index contributed by atoms with van der Waals surface area (Å²) < 4.78 is 7.44. The average molecular weight is 317 g/mol. The molecule has 1 aliphatic heterocycles. The minimum atomic E-state index is -1.12. The van der Waals surface area contributed by atoms with E-state index in [2.05, 4.69) is 76.0 Å². The molecule has 2 nitrogen and oxygen atoms in total. The van der Waals surface area contributed by atoms with Gasteiger partial charge in [-0.1, -0.05) is 54.6 Å². The van der Waals surface area contributed by atoms with Crippen molar-refractivity contribution in [3.63, 3.8) is 0 Å². The second kappa shape index (κ2) is 4.76. The van der Waals surface area contributed by atoms with Gasteiger partial charge < -0.3 is 9.30 Å². The zero-order chi connectivity index (χ0) is 14.5. The van der Waals surface area contributed by atoms with Crippen LogP contribution in [0.15, 0.2) is 66.7 Å². The maximum absolute atomic E-state index is 3.72. The van der Waals surface area contributed by atoms with Crippen LogP contribution >= 0.6 is 0 Å². The topological polar surface area (TPSA) is 24.1 Å². The number of nitrogens with one attached hydrogen (secondary N) is 2. The number of hydrogen-bond donors (Lipinski definition) is 2. The first-order chi connectivity index (χ1) is 10.9. The number of rotatable bonds is 1. The van der Waals surface area contributed by atoms with Crippen LogP contribution in [0, 0.1) is 0 Å². The lowest BCUT2D eigenvalue weighted by atomic mass is 9.98. The molecule has 0 radical (unpaired) electrons. The standard InChI is InChI=1S/C18H16N2Si2/c1-2-5-14-11-16-15(10-13(14)4-1)9-8-12-6-3-7-17(18(12)16)22-19-21-20-22/h1-11,19-20,22H,21H2. The molecule has 0 aliphatic carbocycles. The molecule has 106 valence electrons. The Bertz CT molecular complexity index is 1030. The Morgan fingerprint density at radius 1 is 0.682 bits per heavy atom. The first-order valence-electron chi connectivity index (χ1n) is 7.71. The van der Waals surface area contributed by atoms with Crippen molar-refractivity contribution >= 4 is 56.5 Å². The highest BCUT2D eigenvalue weighted by Gasteiger charge is 2.23. The predicted molar refractivity (Wildman–Crippen MR) is 101 cm³/mol. The molecule has 1 heterocycles. The first kappa shape index (κ1) is 12.5. The number of fused-ring (bicyclic) bond motifs is 4. The van der Waals surface area contributed by atoms with Crippen molar-refractivity contribution in [1.82, 2.24) is 9.30 Å². The largest absolute Gasteiger partial charge is 0.340 e. The lowest BCUT2D eigenvalue weighted by Crippen LogP contribution is -2.72. The third-order valence-electron chi connectivity index (χ3n) is 4.68. The van der Waals surface area contributed by atoms with Crippen molar-refractivity contribution in [3.8, 4) is 0 Å². The Morgan fingerprint density at radius 2 is 1.41 bits per heavy atom. The minimum absolute atomic E-state index is 0.176. The van der Waals surface area contributed by atoms with E-state index in [1.54, 1.807) is 0 Å². The SMILES string of the molecule is c1ccc2cc3c(ccc4cccc([SiH]5N[SiH2]N5)c43)cc2c1. The van der Waals surface area contributed by atoms with Gasteiger partial charge in [0.1, 0.15) is 0 Å². The molecule has 0 amide bonds. The van der Waals surface area contributed by atoms with Gasteiger partial charge in [-0.15, -0.1) is 0 Å². The summed E-state index contributed by atoms with van der Waals surface area (Å²) in [6.45, 7) is 0. The van der Waals surface area contributed by atoms with Crippen LogP contribution < -0.4 is 14.5 Å². The van der Waals surface area contributed by atoms with Crippen molar-refractivity contribution in [2.45, 2.75) is 0 Å². The highest BCUT2D eigenvalue weighted by Crippen LogP contribution is 2.28. The second-order valence-corrected chi connectivity index (χ2v) is 11.1. The van der Waals surface area contributed by atoms with Gasteiger partial charge in [-0.05, 0) is 49.6 Å². The molecule has 2 N–H and O–H groups in total. The van der Waals surface area contributed by atoms with Gasteiger partial charge in [-0.2, -0.15) is 0 Å². The predicted octanol–water partition coefficient (Wildman–Crippen LogP) is 1.77. The van der Waals surface area contributed by atoms with Crippen molar-refractivity contribution in [2.24, 2.45) is 0 Å². The zero-order valence-corrected chi connectivity index (χ0v) is 14.7. The smallest absolute Gasteiger partial charge is 0.206 e. The molecular weight excluding hydrogens is 300 g/mol. The van der Waals surface area contributed by atoms with Crippen molar-refractivity contribution in [2.75, 3.05) is 0 Å². The molecule has 0 saturated carbocycles. The van der Waals surface area contributed by atoms with Crippen molar-refractivity contribution < 1.29 is 0 Å². The summed E-state index contributed by atoms with van der Waals surface area (Å²) in [6, 6.07) is 24.6. The van der Waals surface area contributed by atoms with Gasteiger partial charge in [0.25, 0.3) is 0 Å². The molecule has 0 unspecified atom stereocenters. The van der Waals surface area contributed by atoms with Gasteiger partial charge in [0.2, 0.25) is 9.12 Å². The molecule has 4 heteroatoms. The molecule has 0 atom stereocenters. The summed E-state index contributed by atoms with van der Waals surface area (Å²) in [5.41, 5.74) is 0. The number of hydrogen-bond acceptors (Lipinski definition) is 2. The lowest BCUT2D eigenvalue weighted by molar-refractivity contribution is 1.24. The van der Waals surface area contributed by atoms with Crippen LogP contribution in [0.25, 0.3) is 32.3 Å². The van der Waals surface area contributed by atoms with E-state index in [0.29, 0.717) is 0 Å². The van der Waals surface area contributed by atoms with Crippen LogP contribution in [-0.2, 0) is 0 Å². The summed E-state index contributed by atoms with van der Waals surface area (Å²) in [4.78, 5) is 0. The zero-order valence-electron chi connectivity index (χ0n) is 12.1. The van der Waals surface area contributed by atoms with Gasteiger partial charge in [0.05, 0.1) is 0 Å². The molecule has 4 aromatic carbocycles. The maximum atomic E-state index is 3.72. The Labute approximate surface area is 132 Å². The van der Waals surface area contributed by atoms with E-state index in [0.717, 1.165) is 0 Å². The molecule has 1 fully saturated rings. The summed E-state index contributed by atoms with van der Waals surface area (Å²) in [6.07, 6.45) is 0. The fourth-order valence-electron chi connectivity index (χ4n) is 3.50. The quantitative estimate of drug-likeness (QED) is 0.318. The molecule has 22 heavy (non-hydrogen) atoms. The van der Waals surface area contributed by atoms with Gasteiger partial charge >= 0.3 is 0 Å². The van der Waals surface area contributed by atoms with E-state index in [1.807, 2.05) is 0 Å². The highest BCUT2D eigenvalue weighted by atomic mass is 28.4. The summed E-state index contributed by atoms with van der Waals surface area (Å²) in [5, 5.41) is 9.66. The molecule has 1 aliphatic rings. The van der Waals surface area contributed by atoms with Gasteiger partial charge in [-0.25, -0.2) is 0 Å². The normalized spacial score (nSPS) is 19.0. The fourth-order valence-corrected chi connectivity index (χ4v) is 7.80. The van der Waals surface area contributed by atoms with E-state index in [4.69, 9.17) is 0 Å². The summed E-state index contributed by atoms with van der Waals surface area (Å²) in [5.74, 6) is 0. The Balaban J connectivity index is 1.94. The third kappa shape index (κ3) is 1.79.